The van der Waals surface area contributed by atoms with Crippen LogP contribution in [0.3, 0.4) is 0 Å². The summed E-state index contributed by atoms with van der Waals surface area (Å²) < 4.78 is 38.9. The topological polar surface area (TPSA) is 50.8 Å². The van der Waals surface area contributed by atoms with Gasteiger partial charge in [-0.3, -0.25) is 10.2 Å². The van der Waals surface area contributed by atoms with E-state index in [0.717, 1.165) is 53.0 Å². The SMILES string of the molecule is O=C(COc1ccc(Oc2ccccc2)cc1)N1NC2=C(CCC/C2=C\c2ccc(F)cc2)[C@H]1c1ccc(F)cc1. The van der Waals surface area contributed by atoms with Crippen LogP contribution in [0.4, 0.5) is 8.78 Å². The lowest BCUT2D eigenvalue weighted by Crippen LogP contribution is -2.42. The first kappa shape index (κ1) is 26.3. The highest BCUT2D eigenvalue weighted by atomic mass is 19.1. The summed E-state index contributed by atoms with van der Waals surface area (Å²) in [7, 11) is 0. The van der Waals surface area contributed by atoms with Crippen molar-refractivity contribution < 1.29 is 23.0 Å². The van der Waals surface area contributed by atoms with E-state index >= 15 is 0 Å². The van der Waals surface area contributed by atoms with E-state index in [-0.39, 0.29) is 24.1 Å². The summed E-state index contributed by atoms with van der Waals surface area (Å²) in [4.78, 5) is 13.6. The summed E-state index contributed by atoms with van der Waals surface area (Å²) in [5, 5.41) is 1.58. The molecule has 0 radical (unpaired) electrons. The Kier molecular flexibility index (Phi) is 7.50. The number of hydrogen-bond donors (Lipinski definition) is 1. The zero-order valence-corrected chi connectivity index (χ0v) is 22.2. The van der Waals surface area contributed by atoms with Gasteiger partial charge < -0.3 is 9.47 Å². The predicted molar refractivity (Wildman–Crippen MR) is 153 cm³/mol. The summed E-state index contributed by atoms with van der Waals surface area (Å²) in [6.07, 6.45) is 4.53. The fourth-order valence-corrected chi connectivity index (χ4v) is 5.23. The first-order valence-corrected chi connectivity index (χ1v) is 13.5. The third-order valence-electron chi connectivity index (χ3n) is 7.19. The van der Waals surface area contributed by atoms with E-state index in [1.165, 1.54) is 24.3 Å². The molecule has 2 aliphatic rings. The molecule has 1 N–H and O–H groups in total. The molecular weight excluding hydrogens is 522 g/mol. The van der Waals surface area contributed by atoms with Gasteiger partial charge in [0.25, 0.3) is 5.91 Å². The lowest BCUT2D eigenvalue weighted by Gasteiger charge is -2.27. The van der Waals surface area contributed by atoms with Gasteiger partial charge in [0.15, 0.2) is 6.61 Å². The van der Waals surface area contributed by atoms with E-state index in [9.17, 15) is 13.6 Å². The van der Waals surface area contributed by atoms with Crippen molar-refractivity contribution >= 4 is 12.0 Å². The van der Waals surface area contributed by atoms with Crippen LogP contribution in [0.1, 0.15) is 36.4 Å². The number of hydrazine groups is 1. The molecule has 0 saturated heterocycles. The molecule has 7 heteroatoms. The summed E-state index contributed by atoms with van der Waals surface area (Å²) in [6, 6.07) is 28.7. The van der Waals surface area contributed by atoms with Gasteiger partial charge in [-0.2, -0.15) is 0 Å². The molecule has 1 atom stereocenters. The van der Waals surface area contributed by atoms with E-state index in [2.05, 4.69) is 5.43 Å². The third-order valence-corrected chi connectivity index (χ3v) is 7.19. The predicted octanol–water partition coefficient (Wildman–Crippen LogP) is 7.75. The van der Waals surface area contributed by atoms with Gasteiger partial charge >= 0.3 is 0 Å². The van der Waals surface area contributed by atoms with Crippen molar-refractivity contribution in [2.45, 2.75) is 25.3 Å². The van der Waals surface area contributed by atoms with Crippen molar-refractivity contribution in [2.75, 3.05) is 6.61 Å². The van der Waals surface area contributed by atoms with Crippen LogP contribution in [-0.4, -0.2) is 17.5 Å². The van der Waals surface area contributed by atoms with Crippen LogP contribution in [0, 0.1) is 11.6 Å². The molecule has 4 aromatic carbocycles. The Labute approximate surface area is 237 Å². The molecule has 206 valence electrons. The number of ether oxygens (including phenoxy) is 2. The van der Waals surface area contributed by atoms with Gasteiger partial charge in [0.2, 0.25) is 0 Å². The summed E-state index contributed by atoms with van der Waals surface area (Å²) >= 11 is 0. The number of nitrogens with one attached hydrogen (secondary N) is 1. The quantitative estimate of drug-likeness (QED) is 0.256. The molecule has 41 heavy (non-hydrogen) atoms. The van der Waals surface area contributed by atoms with Crippen LogP contribution >= 0.6 is 0 Å². The lowest BCUT2D eigenvalue weighted by molar-refractivity contribution is -0.137. The molecule has 0 bridgehead atoms. The monoisotopic (exact) mass is 550 g/mol. The normalized spacial score (nSPS) is 17.3. The summed E-state index contributed by atoms with van der Waals surface area (Å²) in [5.74, 6) is 1.03. The summed E-state index contributed by atoms with van der Waals surface area (Å²) in [5.41, 5.74) is 8.00. The minimum Gasteiger partial charge on any atom is -0.484 e. The standard InChI is InChI=1S/C34H28F2N2O3/c35-26-13-9-23(10-14-26)21-25-5-4-8-31-33(25)37-38(34(31)24-11-15-27(36)16-12-24)32(39)22-40-28-17-19-30(20-18-28)41-29-6-2-1-3-7-29/h1-3,6-7,9-21,34,37H,4-5,8,22H2/b25-21+/t34-/m1/s1. The fraction of sp³-hybridized carbons (Fsp3) is 0.147. The highest BCUT2D eigenvalue weighted by molar-refractivity contribution is 5.80. The van der Waals surface area contributed by atoms with Gasteiger partial charge in [-0.1, -0.05) is 42.5 Å². The molecule has 0 fully saturated rings. The van der Waals surface area contributed by atoms with Crippen LogP contribution in [0.25, 0.3) is 6.08 Å². The third kappa shape index (κ3) is 5.99. The largest absolute Gasteiger partial charge is 0.484 e. The second-order valence-electron chi connectivity index (χ2n) is 9.98. The molecule has 1 aliphatic carbocycles. The molecule has 0 saturated carbocycles. The fourth-order valence-electron chi connectivity index (χ4n) is 5.23. The van der Waals surface area contributed by atoms with Gasteiger partial charge in [-0.05, 0) is 108 Å². The first-order valence-electron chi connectivity index (χ1n) is 13.5. The van der Waals surface area contributed by atoms with E-state index in [1.54, 1.807) is 53.5 Å². The number of benzene rings is 4. The summed E-state index contributed by atoms with van der Waals surface area (Å²) in [6.45, 7) is -0.193. The number of rotatable bonds is 7. The molecule has 0 unspecified atom stereocenters. The number of para-hydroxylation sites is 1. The Morgan fingerprint density at radius 2 is 1.44 bits per heavy atom. The van der Waals surface area contributed by atoms with Crippen LogP contribution in [0.2, 0.25) is 0 Å². The number of carbonyl (C=O) groups excluding carboxylic acids is 1. The second-order valence-corrected chi connectivity index (χ2v) is 9.98. The Bertz CT molecular complexity index is 1580. The molecule has 1 aliphatic heterocycles. The van der Waals surface area contributed by atoms with Crippen molar-refractivity contribution in [2.24, 2.45) is 0 Å². The maximum atomic E-state index is 13.8. The number of allylic oxidation sites excluding steroid dienone is 1. The Balaban J connectivity index is 1.21. The number of carbonyl (C=O) groups is 1. The molecular formula is C34H28F2N2O3. The van der Waals surface area contributed by atoms with Crippen LogP contribution in [0.5, 0.6) is 17.2 Å². The van der Waals surface area contributed by atoms with Gasteiger partial charge in [-0.25, -0.2) is 13.8 Å². The van der Waals surface area contributed by atoms with E-state index in [0.29, 0.717) is 11.5 Å². The van der Waals surface area contributed by atoms with Crippen LogP contribution in [0.15, 0.2) is 120 Å². The molecule has 1 amide bonds. The number of nitrogens with zero attached hydrogens (tertiary/aromatic N) is 1. The zero-order valence-electron chi connectivity index (χ0n) is 22.2. The number of hydrogen-bond acceptors (Lipinski definition) is 4. The average Bonchev–Trinajstić information content (AvgIpc) is 3.40. The van der Waals surface area contributed by atoms with Gasteiger partial charge in [0.05, 0.1) is 5.70 Å². The minimum atomic E-state index is -0.403. The van der Waals surface area contributed by atoms with E-state index in [4.69, 9.17) is 9.47 Å². The minimum absolute atomic E-state index is 0.193. The van der Waals surface area contributed by atoms with E-state index < -0.39 is 6.04 Å². The smallest absolute Gasteiger partial charge is 0.279 e. The Hall–Kier alpha value is -4.91. The Morgan fingerprint density at radius 1 is 0.805 bits per heavy atom. The molecule has 0 aromatic heterocycles. The van der Waals surface area contributed by atoms with E-state index in [1.807, 2.05) is 36.4 Å². The number of amides is 1. The molecule has 1 heterocycles. The molecule has 0 spiro atoms. The first-order chi connectivity index (χ1) is 20.0. The zero-order chi connectivity index (χ0) is 28.2. The Morgan fingerprint density at radius 3 is 2.15 bits per heavy atom. The van der Waals surface area contributed by atoms with Crippen molar-refractivity contribution in [3.05, 3.63) is 143 Å². The van der Waals surface area contributed by atoms with Crippen LogP contribution in [-0.2, 0) is 4.79 Å². The molecule has 5 nitrogen and oxygen atoms in total. The highest BCUT2D eigenvalue weighted by Gasteiger charge is 2.39. The van der Waals surface area contributed by atoms with Crippen molar-refractivity contribution in [1.82, 2.24) is 10.4 Å². The average molecular weight is 551 g/mol. The van der Waals surface area contributed by atoms with Gasteiger partial charge in [-0.15, -0.1) is 0 Å². The highest BCUT2D eigenvalue weighted by Crippen LogP contribution is 2.44. The van der Waals surface area contributed by atoms with Gasteiger partial charge in [0, 0.05) is 0 Å². The second kappa shape index (κ2) is 11.7. The van der Waals surface area contributed by atoms with Crippen LogP contribution < -0.4 is 14.9 Å². The maximum Gasteiger partial charge on any atom is 0.279 e. The number of halogens is 2. The maximum absolute atomic E-state index is 13.8. The van der Waals surface area contributed by atoms with Crippen molar-refractivity contribution in [3.63, 3.8) is 0 Å². The molecule has 4 aromatic rings. The lowest BCUT2D eigenvalue weighted by atomic mass is 9.86. The van der Waals surface area contributed by atoms with Crippen molar-refractivity contribution in [1.29, 1.82) is 0 Å². The molecule has 6 rings (SSSR count). The van der Waals surface area contributed by atoms with Gasteiger partial charge in [0.1, 0.15) is 34.9 Å². The van der Waals surface area contributed by atoms with Crippen molar-refractivity contribution in [3.8, 4) is 17.2 Å².